The maximum absolute atomic E-state index is 12.3. The quantitative estimate of drug-likeness (QED) is 0.400. The smallest absolute Gasteiger partial charge is 0.267 e. The lowest BCUT2D eigenvalue weighted by Crippen LogP contribution is -2.22. The second-order valence-corrected chi connectivity index (χ2v) is 7.03. The van der Waals surface area contributed by atoms with Crippen LogP contribution in [0.3, 0.4) is 0 Å². The highest BCUT2D eigenvalue weighted by atomic mass is 16.5. The van der Waals surface area contributed by atoms with Gasteiger partial charge < -0.3 is 14.8 Å². The molecule has 0 saturated heterocycles. The lowest BCUT2D eigenvalue weighted by molar-refractivity contribution is 0.146. The van der Waals surface area contributed by atoms with Crippen LogP contribution in [-0.4, -0.2) is 49.9 Å². The topological polar surface area (TPSA) is 109 Å². The second kappa shape index (κ2) is 9.84. The van der Waals surface area contributed by atoms with Gasteiger partial charge in [0.05, 0.1) is 37.4 Å². The van der Waals surface area contributed by atoms with Crippen LogP contribution >= 0.6 is 0 Å². The standard InChI is InChI=1S/C22H23N7O3/c1-28-15-17(11-25-28)20-6-7-21(30)29(27-20)14-16-4-3-5-18(10-16)26-22-23-12-19(13-24-22)32-9-8-31-2/h3-7,10-13,15H,8-9,14H2,1-2H3,(H,23,24,26). The maximum Gasteiger partial charge on any atom is 0.267 e. The van der Waals surface area contributed by atoms with Crippen LogP contribution in [0.15, 0.2) is 66.0 Å². The van der Waals surface area contributed by atoms with Crippen molar-refractivity contribution in [3.05, 3.63) is 77.1 Å². The molecular weight excluding hydrogens is 410 g/mol. The van der Waals surface area contributed by atoms with E-state index in [9.17, 15) is 4.79 Å². The van der Waals surface area contributed by atoms with Crippen LogP contribution in [0.2, 0.25) is 0 Å². The molecule has 1 N–H and O–H groups in total. The molecule has 164 valence electrons. The molecule has 3 heterocycles. The summed E-state index contributed by atoms with van der Waals surface area (Å²) in [5.74, 6) is 1.01. The SMILES string of the molecule is COCCOc1cnc(Nc2cccc(Cn3nc(-c4cnn(C)c4)ccc3=O)c2)nc1. The average Bonchev–Trinajstić information content (AvgIpc) is 3.23. The third kappa shape index (κ3) is 5.35. The van der Waals surface area contributed by atoms with Gasteiger partial charge in [-0.15, -0.1) is 0 Å². The van der Waals surface area contributed by atoms with Crippen molar-refractivity contribution in [1.82, 2.24) is 29.5 Å². The molecule has 0 bridgehead atoms. The fourth-order valence-corrected chi connectivity index (χ4v) is 3.02. The molecule has 10 heteroatoms. The summed E-state index contributed by atoms with van der Waals surface area (Å²) >= 11 is 0. The van der Waals surface area contributed by atoms with E-state index in [1.807, 2.05) is 37.5 Å². The molecule has 32 heavy (non-hydrogen) atoms. The highest BCUT2D eigenvalue weighted by molar-refractivity contribution is 5.56. The van der Waals surface area contributed by atoms with Crippen LogP contribution in [0.1, 0.15) is 5.56 Å². The highest BCUT2D eigenvalue weighted by Gasteiger charge is 2.07. The van der Waals surface area contributed by atoms with Crippen molar-refractivity contribution in [3.63, 3.8) is 0 Å². The molecule has 0 fully saturated rings. The van der Waals surface area contributed by atoms with Crippen LogP contribution in [-0.2, 0) is 18.3 Å². The summed E-state index contributed by atoms with van der Waals surface area (Å²) < 4.78 is 13.5. The van der Waals surface area contributed by atoms with Crippen molar-refractivity contribution < 1.29 is 9.47 Å². The average molecular weight is 433 g/mol. The third-order valence-electron chi connectivity index (χ3n) is 4.57. The summed E-state index contributed by atoms with van der Waals surface area (Å²) in [6.07, 6.45) is 6.77. The molecule has 4 aromatic rings. The minimum atomic E-state index is -0.177. The number of hydrogen-bond acceptors (Lipinski definition) is 8. The fourth-order valence-electron chi connectivity index (χ4n) is 3.02. The van der Waals surface area contributed by atoms with Gasteiger partial charge in [-0.3, -0.25) is 9.48 Å². The number of aryl methyl sites for hydroxylation is 1. The first kappa shape index (κ1) is 21.2. The van der Waals surface area contributed by atoms with Gasteiger partial charge >= 0.3 is 0 Å². The Balaban J connectivity index is 1.46. The van der Waals surface area contributed by atoms with Gasteiger partial charge in [-0.1, -0.05) is 12.1 Å². The molecule has 0 aliphatic rings. The molecule has 1 aromatic carbocycles. The Morgan fingerprint density at radius 3 is 2.66 bits per heavy atom. The number of hydrogen-bond donors (Lipinski definition) is 1. The van der Waals surface area contributed by atoms with Crippen molar-refractivity contribution in [2.24, 2.45) is 7.05 Å². The zero-order valence-corrected chi connectivity index (χ0v) is 17.8. The summed E-state index contributed by atoms with van der Waals surface area (Å²) in [6, 6.07) is 10.9. The number of ether oxygens (including phenoxy) is 2. The Labute approximate surface area is 184 Å². The number of nitrogens with zero attached hydrogens (tertiary/aromatic N) is 6. The van der Waals surface area contributed by atoms with E-state index in [1.165, 1.54) is 10.7 Å². The highest BCUT2D eigenvalue weighted by Crippen LogP contribution is 2.17. The van der Waals surface area contributed by atoms with E-state index in [-0.39, 0.29) is 5.56 Å². The maximum atomic E-state index is 12.3. The van der Waals surface area contributed by atoms with Gasteiger partial charge in [-0.25, -0.2) is 14.6 Å². The van der Waals surface area contributed by atoms with Gasteiger partial charge in [-0.05, 0) is 23.8 Å². The van der Waals surface area contributed by atoms with E-state index in [0.717, 1.165) is 16.8 Å². The van der Waals surface area contributed by atoms with Gasteiger partial charge in [0.2, 0.25) is 5.95 Å². The van der Waals surface area contributed by atoms with Crippen molar-refractivity contribution in [2.75, 3.05) is 25.6 Å². The molecule has 0 aliphatic heterocycles. The summed E-state index contributed by atoms with van der Waals surface area (Å²) in [6.45, 7) is 1.26. The number of nitrogens with one attached hydrogen (secondary N) is 1. The first-order valence-electron chi connectivity index (χ1n) is 9.97. The normalized spacial score (nSPS) is 10.8. The monoisotopic (exact) mass is 433 g/mol. The van der Waals surface area contributed by atoms with Crippen LogP contribution in [0.25, 0.3) is 11.3 Å². The summed E-state index contributed by atoms with van der Waals surface area (Å²) in [4.78, 5) is 20.9. The Bertz CT molecular complexity index is 1230. The van der Waals surface area contributed by atoms with Crippen molar-refractivity contribution in [1.29, 1.82) is 0 Å². The lowest BCUT2D eigenvalue weighted by Gasteiger charge is -2.10. The second-order valence-electron chi connectivity index (χ2n) is 7.03. The molecule has 0 aliphatic carbocycles. The summed E-state index contributed by atoms with van der Waals surface area (Å²) in [5, 5.41) is 11.8. The third-order valence-corrected chi connectivity index (χ3v) is 4.57. The molecule has 0 spiro atoms. The molecule has 3 aromatic heterocycles. The van der Waals surface area contributed by atoms with E-state index in [1.54, 1.807) is 36.4 Å². The van der Waals surface area contributed by atoms with Crippen LogP contribution in [0, 0.1) is 0 Å². The minimum Gasteiger partial charge on any atom is -0.488 e. The fraction of sp³-hybridized carbons (Fsp3) is 0.227. The Hall–Kier alpha value is -4.05. The first-order valence-corrected chi connectivity index (χ1v) is 9.97. The van der Waals surface area contributed by atoms with E-state index >= 15 is 0 Å². The van der Waals surface area contributed by atoms with Crippen LogP contribution < -0.4 is 15.6 Å². The largest absolute Gasteiger partial charge is 0.488 e. The van der Waals surface area contributed by atoms with Crippen LogP contribution in [0.4, 0.5) is 11.6 Å². The molecule has 4 rings (SSSR count). The molecule has 0 unspecified atom stereocenters. The van der Waals surface area contributed by atoms with Gasteiger partial charge in [0.25, 0.3) is 5.56 Å². The lowest BCUT2D eigenvalue weighted by atomic mass is 10.2. The predicted octanol–water partition coefficient (Wildman–Crippen LogP) is 2.25. The molecular formula is C22H23N7O3. The number of anilines is 2. The van der Waals surface area contributed by atoms with Gasteiger partial charge in [0, 0.05) is 37.7 Å². The van der Waals surface area contributed by atoms with Gasteiger partial charge in [0.1, 0.15) is 6.61 Å². The van der Waals surface area contributed by atoms with E-state index in [0.29, 0.717) is 37.2 Å². The molecule has 0 radical (unpaired) electrons. The Morgan fingerprint density at radius 1 is 1.06 bits per heavy atom. The Morgan fingerprint density at radius 2 is 1.91 bits per heavy atom. The van der Waals surface area contributed by atoms with Gasteiger partial charge in [0.15, 0.2) is 5.75 Å². The van der Waals surface area contributed by atoms with E-state index in [4.69, 9.17) is 9.47 Å². The molecule has 0 saturated carbocycles. The van der Waals surface area contributed by atoms with E-state index < -0.39 is 0 Å². The predicted molar refractivity (Wildman–Crippen MR) is 119 cm³/mol. The number of benzene rings is 1. The molecule has 0 amide bonds. The molecule has 0 atom stereocenters. The van der Waals surface area contributed by atoms with Crippen molar-refractivity contribution in [2.45, 2.75) is 6.54 Å². The Kier molecular flexibility index (Phi) is 6.52. The van der Waals surface area contributed by atoms with Gasteiger partial charge in [-0.2, -0.15) is 10.2 Å². The summed E-state index contributed by atoms with van der Waals surface area (Å²) in [5.41, 5.74) is 3.07. The number of methoxy groups -OCH3 is 1. The van der Waals surface area contributed by atoms with Crippen molar-refractivity contribution in [3.8, 4) is 17.0 Å². The molecule has 10 nitrogen and oxygen atoms in total. The zero-order chi connectivity index (χ0) is 22.3. The number of rotatable bonds is 9. The van der Waals surface area contributed by atoms with Crippen molar-refractivity contribution >= 4 is 11.6 Å². The minimum absolute atomic E-state index is 0.177. The zero-order valence-electron chi connectivity index (χ0n) is 17.8. The summed E-state index contributed by atoms with van der Waals surface area (Å²) in [7, 11) is 3.45. The van der Waals surface area contributed by atoms with E-state index in [2.05, 4.69) is 25.5 Å². The number of aromatic nitrogens is 6. The first-order chi connectivity index (χ1) is 15.6. The van der Waals surface area contributed by atoms with Crippen LogP contribution in [0.5, 0.6) is 5.75 Å².